The van der Waals surface area contributed by atoms with Gasteiger partial charge in [0.15, 0.2) is 0 Å². The molecule has 0 fully saturated rings. The predicted octanol–water partition coefficient (Wildman–Crippen LogP) is 16.5. The van der Waals surface area contributed by atoms with Gasteiger partial charge in [0.25, 0.3) is 0 Å². The Morgan fingerprint density at radius 1 is 0.250 bits per heavy atom. The van der Waals surface area contributed by atoms with Crippen molar-refractivity contribution in [2.24, 2.45) is 0 Å². The molecular formula is C58H39NO. The van der Waals surface area contributed by atoms with Crippen LogP contribution in [0.5, 0.6) is 0 Å². The summed E-state index contributed by atoms with van der Waals surface area (Å²) in [7, 11) is 0. The zero-order valence-electron chi connectivity index (χ0n) is 32.9. The van der Waals surface area contributed by atoms with E-state index in [1.165, 1.54) is 60.5 Å². The molecule has 2 heteroatoms. The van der Waals surface area contributed by atoms with Crippen LogP contribution in [0.25, 0.3) is 88.3 Å². The van der Waals surface area contributed by atoms with E-state index >= 15 is 0 Å². The van der Waals surface area contributed by atoms with Crippen LogP contribution in [-0.2, 0) is 0 Å². The largest absolute Gasteiger partial charge is 0.456 e. The fraction of sp³-hybridized carbons (Fsp3) is 0. The molecule has 2 nitrogen and oxygen atoms in total. The Labute approximate surface area is 349 Å². The van der Waals surface area contributed by atoms with E-state index in [0.717, 1.165) is 44.9 Å². The molecule has 10 aromatic carbocycles. The highest BCUT2D eigenvalue weighted by atomic mass is 16.3. The van der Waals surface area contributed by atoms with Gasteiger partial charge in [-0.15, -0.1) is 0 Å². The summed E-state index contributed by atoms with van der Waals surface area (Å²) in [5.41, 5.74) is 14.8. The average molecular weight is 766 g/mol. The number of anilines is 3. The number of hydrogen-bond acceptors (Lipinski definition) is 2. The van der Waals surface area contributed by atoms with E-state index in [1.54, 1.807) is 0 Å². The molecule has 0 saturated heterocycles. The van der Waals surface area contributed by atoms with Crippen molar-refractivity contribution in [1.82, 2.24) is 0 Å². The van der Waals surface area contributed by atoms with Gasteiger partial charge in [-0.25, -0.2) is 0 Å². The first-order valence-corrected chi connectivity index (χ1v) is 20.5. The van der Waals surface area contributed by atoms with Gasteiger partial charge in [0.2, 0.25) is 0 Å². The van der Waals surface area contributed by atoms with E-state index in [9.17, 15) is 0 Å². The number of furan rings is 1. The molecule has 0 aliphatic rings. The number of para-hydroxylation sites is 1. The van der Waals surface area contributed by atoms with E-state index in [0.29, 0.717) is 0 Å². The number of nitrogens with zero attached hydrogens (tertiary/aromatic N) is 1. The fourth-order valence-corrected chi connectivity index (χ4v) is 8.64. The predicted molar refractivity (Wildman–Crippen MR) is 253 cm³/mol. The lowest BCUT2D eigenvalue weighted by atomic mass is 9.89. The maximum atomic E-state index is 6.21. The Bertz CT molecular complexity index is 3290. The molecule has 0 atom stereocenters. The van der Waals surface area contributed by atoms with Gasteiger partial charge in [-0.05, 0) is 127 Å². The third-order valence-corrected chi connectivity index (χ3v) is 11.6. The van der Waals surface area contributed by atoms with Crippen LogP contribution in [-0.4, -0.2) is 0 Å². The van der Waals surface area contributed by atoms with Gasteiger partial charge in [0.05, 0.1) is 0 Å². The summed E-state index contributed by atoms with van der Waals surface area (Å²) >= 11 is 0. The van der Waals surface area contributed by atoms with Gasteiger partial charge < -0.3 is 9.32 Å². The molecule has 0 amide bonds. The second kappa shape index (κ2) is 15.1. The fourth-order valence-electron chi connectivity index (χ4n) is 8.64. The highest BCUT2D eigenvalue weighted by molar-refractivity contribution is 5.96. The molecule has 0 unspecified atom stereocenters. The highest BCUT2D eigenvalue weighted by Gasteiger charge is 2.17. The van der Waals surface area contributed by atoms with Crippen molar-refractivity contribution in [1.29, 1.82) is 0 Å². The van der Waals surface area contributed by atoms with E-state index < -0.39 is 0 Å². The van der Waals surface area contributed by atoms with Crippen molar-refractivity contribution in [3.8, 4) is 55.8 Å². The Hall–Kier alpha value is -7.94. The minimum atomic E-state index is 0.878. The zero-order valence-corrected chi connectivity index (χ0v) is 32.9. The second-order valence-electron chi connectivity index (χ2n) is 15.3. The van der Waals surface area contributed by atoms with E-state index in [2.05, 4.69) is 223 Å². The monoisotopic (exact) mass is 765 g/mol. The second-order valence-corrected chi connectivity index (χ2v) is 15.3. The molecule has 0 spiro atoms. The van der Waals surface area contributed by atoms with Crippen molar-refractivity contribution in [2.75, 3.05) is 4.90 Å². The van der Waals surface area contributed by atoms with Gasteiger partial charge in [0, 0.05) is 28.0 Å². The minimum Gasteiger partial charge on any atom is -0.456 e. The molecule has 0 radical (unpaired) electrons. The van der Waals surface area contributed by atoms with Crippen molar-refractivity contribution < 1.29 is 4.42 Å². The first-order valence-electron chi connectivity index (χ1n) is 20.5. The summed E-state index contributed by atoms with van der Waals surface area (Å²) in [4.78, 5) is 2.37. The molecule has 282 valence electrons. The van der Waals surface area contributed by atoms with Crippen LogP contribution < -0.4 is 4.90 Å². The first-order chi connectivity index (χ1) is 29.7. The van der Waals surface area contributed by atoms with Gasteiger partial charge >= 0.3 is 0 Å². The molecule has 0 bridgehead atoms. The third kappa shape index (κ3) is 6.61. The molecule has 1 aromatic heterocycles. The van der Waals surface area contributed by atoms with Crippen LogP contribution in [0.15, 0.2) is 241 Å². The van der Waals surface area contributed by atoms with E-state index in [-0.39, 0.29) is 0 Å². The Morgan fingerprint density at radius 2 is 0.717 bits per heavy atom. The Kier molecular flexibility index (Phi) is 8.87. The van der Waals surface area contributed by atoms with E-state index in [4.69, 9.17) is 4.42 Å². The van der Waals surface area contributed by atoms with Crippen LogP contribution in [0.3, 0.4) is 0 Å². The molecule has 11 aromatic rings. The van der Waals surface area contributed by atoms with Crippen molar-refractivity contribution in [3.63, 3.8) is 0 Å². The van der Waals surface area contributed by atoms with Crippen LogP contribution in [0.1, 0.15) is 0 Å². The van der Waals surface area contributed by atoms with Gasteiger partial charge in [-0.3, -0.25) is 0 Å². The van der Waals surface area contributed by atoms with Gasteiger partial charge in [0.1, 0.15) is 11.3 Å². The molecule has 0 aliphatic carbocycles. The van der Waals surface area contributed by atoms with Crippen molar-refractivity contribution >= 4 is 49.6 Å². The maximum Gasteiger partial charge on any atom is 0.135 e. The number of fused-ring (bicyclic) bond motifs is 3. The van der Waals surface area contributed by atoms with E-state index in [1.807, 2.05) is 18.2 Å². The average Bonchev–Trinajstić information content (AvgIpc) is 3.77. The van der Waals surface area contributed by atoms with Crippen LogP contribution in [0.2, 0.25) is 0 Å². The minimum absolute atomic E-state index is 0.878. The number of rotatable bonds is 8. The van der Waals surface area contributed by atoms with Gasteiger partial charge in [-0.1, -0.05) is 176 Å². The molecule has 0 N–H and O–H groups in total. The first kappa shape index (κ1) is 35.2. The van der Waals surface area contributed by atoms with Crippen LogP contribution in [0, 0.1) is 0 Å². The summed E-state index contributed by atoms with van der Waals surface area (Å²) in [5.74, 6) is 0.878. The lowest BCUT2D eigenvalue weighted by Gasteiger charge is -2.26. The molecule has 0 aliphatic heterocycles. The van der Waals surface area contributed by atoms with Crippen LogP contribution >= 0.6 is 0 Å². The number of benzene rings is 10. The standard InChI is InChI=1S/C58H39NO/c1-2-14-41(15-3-1)53-20-7-9-22-55(53)56-23-10-8-21-54(56)42-28-31-50(32-29-42)59(51-33-27-40-13-4-5-16-44(40)37-51)52-34-30-46-35-45(25-26-47(46)38-52)43-18-12-19-48(36-43)58-39-49-17-6-11-24-57(49)60-58/h1-39H. The lowest BCUT2D eigenvalue weighted by molar-refractivity contribution is 0.631. The van der Waals surface area contributed by atoms with Crippen molar-refractivity contribution in [3.05, 3.63) is 237 Å². The molecule has 0 saturated carbocycles. The summed E-state index contributed by atoms with van der Waals surface area (Å²) in [6.45, 7) is 0. The third-order valence-electron chi connectivity index (χ3n) is 11.6. The summed E-state index contributed by atoms with van der Waals surface area (Å²) in [5, 5.41) is 5.90. The Balaban J connectivity index is 0.964. The molecule has 60 heavy (non-hydrogen) atoms. The van der Waals surface area contributed by atoms with Crippen LogP contribution in [0.4, 0.5) is 17.1 Å². The van der Waals surface area contributed by atoms with Gasteiger partial charge in [-0.2, -0.15) is 0 Å². The van der Waals surface area contributed by atoms with Crippen molar-refractivity contribution in [2.45, 2.75) is 0 Å². The Morgan fingerprint density at radius 3 is 1.43 bits per heavy atom. The SMILES string of the molecule is c1ccc(-c2ccccc2-c2ccccc2-c2ccc(N(c3ccc4ccccc4c3)c3ccc4cc(-c5cccc(-c6cc7ccccc7o6)c5)ccc4c3)cc2)cc1. The lowest BCUT2D eigenvalue weighted by Crippen LogP contribution is -2.10. The summed E-state index contributed by atoms with van der Waals surface area (Å²) in [6.07, 6.45) is 0. The zero-order chi connectivity index (χ0) is 39.8. The molecular weight excluding hydrogens is 727 g/mol. The number of hydrogen-bond donors (Lipinski definition) is 0. The highest BCUT2D eigenvalue weighted by Crippen LogP contribution is 2.42. The summed E-state index contributed by atoms with van der Waals surface area (Å²) < 4.78 is 6.21. The normalized spacial score (nSPS) is 11.3. The summed E-state index contributed by atoms with van der Waals surface area (Å²) in [6, 6.07) is 85.0. The molecule has 1 heterocycles. The topological polar surface area (TPSA) is 16.4 Å². The smallest absolute Gasteiger partial charge is 0.135 e. The maximum absolute atomic E-state index is 6.21. The quantitative estimate of drug-likeness (QED) is 0.153. The molecule has 11 rings (SSSR count).